The van der Waals surface area contributed by atoms with Crippen LogP contribution in [0.4, 0.5) is 5.69 Å². The van der Waals surface area contributed by atoms with Crippen LogP contribution >= 0.6 is 22.9 Å². The minimum Gasteiger partial charge on any atom is -0.486 e. The minimum absolute atomic E-state index is 0.152. The summed E-state index contributed by atoms with van der Waals surface area (Å²) < 4.78 is 5.85. The molecule has 5 aromatic rings. The molecule has 176 valence electrons. The van der Waals surface area contributed by atoms with Crippen molar-refractivity contribution in [2.45, 2.75) is 26.5 Å². The Hall–Kier alpha value is -3.61. The topological polar surface area (TPSA) is 67.0 Å². The number of halogens is 1. The number of hydrogen-bond donors (Lipinski definition) is 2. The van der Waals surface area contributed by atoms with Crippen LogP contribution < -0.4 is 15.6 Å². The first-order chi connectivity index (χ1) is 17.0. The van der Waals surface area contributed by atoms with Gasteiger partial charge >= 0.3 is 0 Å². The summed E-state index contributed by atoms with van der Waals surface area (Å²) in [6, 6.07) is 19.1. The summed E-state index contributed by atoms with van der Waals surface area (Å²) in [6.45, 7) is 4.38. The first-order valence-electron chi connectivity index (χ1n) is 11.3. The van der Waals surface area contributed by atoms with Gasteiger partial charge < -0.3 is 15.0 Å². The number of rotatable bonds is 7. The number of benzene rings is 2. The van der Waals surface area contributed by atoms with E-state index in [9.17, 15) is 4.79 Å². The lowest BCUT2D eigenvalue weighted by atomic mass is 10.0. The van der Waals surface area contributed by atoms with Crippen LogP contribution in [0.15, 0.2) is 82.4 Å². The SMILES string of the molecule is Cc1cscc1-c1cccc(N[C@@H](C)c2cc3cc(Cl)c(OCc4ccccn4)cc3[nH]c2=O)c1. The molecule has 0 saturated carbocycles. The lowest BCUT2D eigenvalue weighted by Gasteiger charge is -2.17. The van der Waals surface area contributed by atoms with E-state index in [4.69, 9.17) is 16.3 Å². The van der Waals surface area contributed by atoms with Gasteiger partial charge in [-0.05, 0) is 77.7 Å². The number of H-pyrrole nitrogens is 1. The van der Waals surface area contributed by atoms with Crippen LogP contribution in [0.25, 0.3) is 22.0 Å². The number of pyridine rings is 2. The van der Waals surface area contributed by atoms with Crippen LogP contribution in [0.3, 0.4) is 0 Å². The zero-order chi connectivity index (χ0) is 24.4. The van der Waals surface area contributed by atoms with Crippen molar-refractivity contribution in [3.63, 3.8) is 0 Å². The van der Waals surface area contributed by atoms with Gasteiger partial charge in [0.1, 0.15) is 12.4 Å². The van der Waals surface area contributed by atoms with Crippen LogP contribution in [0.2, 0.25) is 5.02 Å². The number of ether oxygens (including phenoxy) is 1. The number of nitrogens with zero attached hydrogens (tertiary/aromatic N) is 1. The van der Waals surface area contributed by atoms with E-state index in [0.29, 0.717) is 28.5 Å². The van der Waals surface area contributed by atoms with Gasteiger partial charge in [-0.15, -0.1) is 0 Å². The molecular weight excluding hydrogens is 478 g/mol. The van der Waals surface area contributed by atoms with E-state index in [-0.39, 0.29) is 11.6 Å². The molecule has 0 fully saturated rings. The third-order valence-corrected chi connectivity index (χ3v) is 7.06. The van der Waals surface area contributed by atoms with Crippen LogP contribution in [0, 0.1) is 6.92 Å². The average Bonchev–Trinajstić information content (AvgIpc) is 3.29. The highest BCUT2D eigenvalue weighted by Crippen LogP contribution is 2.32. The van der Waals surface area contributed by atoms with E-state index in [1.807, 2.05) is 49.4 Å². The molecule has 35 heavy (non-hydrogen) atoms. The van der Waals surface area contributed by atoms with Crippen molar-refractivity contribution in [3.05, 3.63) is 110 Å². The van der Waals surface area contributed by atoms with Gasteiger partial charge in [0, 0.05) is 28.9 Å². The number of aromatic nitrogens is 2. The highest BCUT2D eigenvalue weighted by molar-refractivity contribution is 7.08. The minimum atomic E-state index is -0.208. The molecule has 7 heteroatoms. The van der Waals surface area contributed by atoms with E-state index < -0.39 is 0 Å². The lowest BCUT2D eigenvalue weighted by Crippen LogP contribution is -2.19. The molecule has 5 nitrogen and oxygen atoms in total. The standard InChI is InChI=1S/C28H24ClN3O2S/c1-17-15-35-16-24(17)19-6-5-8-21(10-19)31-18(2)23-11-20-12-25(29)27(13-26(20)32-28(23)33)34-14-22-7-3-4-9-30-22/h3-13,15-16,18,31H,14H2,1-2H3,(H,32,33)/t18-/m0/s1. The first kappa shape index (κ1) is 23.1. The van der Waals surface area contributed by atoms with Crippen molar-refractivity contribution in [3.8, 4) is 16.9 Å². The van der Waals surface area contributed by atoms with Crippen molar-refractivity contribution in [1.82, 2.24) is 9.97 Å². The van der Waals surface area contributed by atoms with Crippen molar-refractivity contribution in [1.29, 1.82) is 0 Å². The number of aryl methyl sites for hydroxylation is 1. The summed E-state index contributed by atoms with van der Waals surface area (Å²) >= 11 is 8.19. The summed E-state index contributed by atoms with van der Waals surface area (Å²) in [5.74, 6) is 0.500. The molecular formula is C28H24ClN3O2S. The second kappa shape index (κ2) is 9.94. The Morgan fingerprint density at radius 2 is 2.00 bits per heavy atom. The summed E-state index contributed by atoms with van der Waals surface area (Å²) in [5.41, 5.74) is 6.53. The normalized spacial score (nSPS) is 12.0. The predicted molar refractivity (Wildman–Crippen MR) is 145 cm³/mol. The fourth-order valence-electron chi connectivity index (χ4n) is 4.05. The maximum atomic E-state index is 13.0. The number of anilines is 1. The average molecular weight is 502 g/mol. The van der Waals surface area contributed by atoms with Gasteiger partial charge in [0.05, 0.1) is 22.3 Å². The molecule has 3 aromatic heterocycles. The van der Waals surface area contributed by atoms with Crippen LogP contribution in [0.5, 0.6) is 5.75 Å². The molecule has 2 N–H and O–H groups in total. The Balaban J connectivity index is 1.38. The zero-order valence-electron chi connectivity index (χ0n) is 19.3. The molecule has 0 saturated heterocycles. The zero-order valence-corrected chi connectivity index (χ0v) is 20.9. The molecule has 5 rings (SSSR count). The summed E-state index contributed by atoms with van der Waals surface area (Å²) in [4.78, 5) is 20.2. The van der Waals surface area contributed by atoms with Gasteiger partial charge in [-0.2, -0.15) is 11.3 Å². The number of nitrogens with one attached hydrogen (secondary N) is 2. The molecule has 0 spiro atoms. The van der Waals surface area contributed by atoms with E-state index >= 15 is 0 Å². The van der Waals surface area contributed by atoms with Crippen molar-refractivity contribution >= 4 is 39.5 Å². The Bertz CT molecular complexity index is 1550. The van der Waals surface area contributed by atoms with E-state index in [1.54, 1.807) is 23.6 Å². The number of fused-ring (bicyclic) bond motifs is 1. The Morgan fingerprint density at radius 1 is 1.11 bits per heavy atom. The number of hydrogen-bond acceptors (Lipinski definition) is 5. The predicted octanol–water partition coefficient (Wildman–Crippen LogP) is 7.37. The quantitative estimate of drug-likeness (QED) is 0.244. The monoisotopic (exact) mass is 501 g/mol. The Labute approximate surface area is 212 Å². The first-order valence-corrected chi connectivity index (χ1v) is 12.6. The number of thiophene rings is 1. The molecule has 1 atom stereocenters. The highest BCUT2D eigenvalue weighted by Gasteiger charge is 2.14. The molecule has 0 bridgehead atoms. The largest absolute Gasteiger partial charge is 0.486 e. The second-order valence-corrected chi connectivity index (χ2v) is 9.60. The maximum Gasteiger partial charge on any atom is 0.253 e. The highest BCUT2D eigenvalue weighted by atomic mass is 35.5. The molecule has 0 aliphatic carbocycles. The summed E-state index contributed by atoms with van der Waals surface area (Å²) in [5, 5.41) is 9.09. The number of aromatic amines is 1. The van der Waals surface area contributed by atoms with Crippen LogP contribution in [0.1, 0.15) is 29.8 Å². The second-order valence-electron chi connectivity index (χ2n) is 8.45. The Kier molecular flexibility index (Phi) is 6.57. The fourth-order valence-corrected chi connectivity index (χ4v) is 5.14. The molecule has 3 heterocycles. The van der Waals surface area contributed by atoms with Gasteiger partial charge in [-0.1, -0.05) is 29.8 Å². The van der Waals surface area contributed by atoms with Gasteiger partial charge in [-0.3, -0.25) is 9.78 Å². The van der Waals surface area contributed by atoms with Gasteiger partial charge in [0.15, 0.2) is 0 Å². The van der Waals surface area contributed by atoms with Crippen LogP contribution in [-0.2, 0) is 6.61 Å². The Morgan fingerprint density at radius 3 is 2.77 bits per heavy atom. The van der Waals surface area contributed by atoms with Gasteiger partial charge in [0.2, 0.25) is 0 Å². The summed E-state index contributed by atoms with van der Waals surface area (Å²) in [7, 11) is 0. The van der Waals surface area contributed by atoms with E-state index in [2.05, 4.69) is 45.1 Å². The third kappa shape index (κ3) is 5.09. The van der Waals surface area contributed by atoms with E-state index in [0.717, 1.165) is 22.3 Å². The van der Waals surface area contributed by atoms with Crippen molar-refractivity contribution in [2.75, 3.05) is 5.32 Å². The van der Waals surface area contributed by atoms with Crippen LogP contribution in [-0.4, -0.2) is 9.97 Å². The molecule has 0 amide bonds. The summed E-state index contributed by atoms with van der Waals surface area (Å²) in [6.07, 6.45) is 1.72. The van der Waals surface area contributed by atoms with E-state index in [1.165, 1.54) is 11.1 Å². The smallest absolute Gasteiger partial charge is 0.253 e. The lowest BCUT2D eigenvalue weighted by molar-refractivity contribution is 0.302. The molecule has 0 aliphatic heterocycles. The van der Waals surface area contributed by atoms with Crippen molar-refractivity contribution < 1.29 is 4.74 Å². The van der Waals surface area contributed by atoms with Crippen molar-refractivity contribution in [2.24, 2.45) is 0 Å². The fraction of sp³-hybridized carbons (Fsp3) is 0.143. The maximum absolute atomic E-state index is 13.0. The van der Waals surface area contributed by atoms with Gasteiger partial charge in [0.25, 0.3) is 5.56 Å². The third-order valence-electron chi connectivity index (χ3n) is 5.91. The molecule has 2 aromatic carbocycles. The van der Waals surface area contributed by atoms with Gasteiger partial charge in [-0.25, -0.2) is 0 Å². The molecule has 0 unspecified atom stereocenters. The molecule has 0 aliphatic rings. The molecule has 0 radical (unpaired) electrons.